The maximum absolute atomic E-state index is 13.3. The van der Waals surface area contributed by atoms with Gasteiger partial charge in [0.2, 0.25) is 0 Å². The molecule has 0 radical (unpaired) electrons. The van der Waals surface area contributed by atoms with Crippen LogP contribution >= 0.6 is 15.9 Å². The van der Waals surface area contributed by atoms with E-state index in [0.717, 1.165) is 11.3 Å². The Morgan fingerprint density at radius 1 is 0.905 bits per heavy atom. The zero-order chi connectivity index (χ0) is 14.8. The van der Waals surface area contributed by atoms with Crippen molar-refractivity contribution in [1.82, 2.24) is 9.97 Å². The summed E-state index contributed by atoms with van der Waals surface area (Å²) < 4.78 is 13.7. The first kappa shape index (κ1) is 13.7. The predicted molar refractivity (Wildman–Crippen MR) is 85.0 cm³/mol. The van der Waals surface area contributed by atoms with E-state index < -0.39 is 0 Å². The number of benzene rings is 2. The van der Waals surface area contributed by atoms with Crippen LogP contribution in [0.15, 0.2) is 59.1 Å². The van der Waals surface area contributed by atoms with E-state index in [9.17, 15) is 4.39 Å². The number of nitrogens with zero attached hydrogens (tertiary/aromatic N) is 2. The fourth-order valence-corrected chi connectivity index (χ4v) is 2.37. The van der Waals surface area contributed by atoms with Gasteiger partial charge in [-0.1, -0.05) is 30.3 Å². The van der Waals surface area contributed by atoms with Gasteiger partial charge in [0, 0.05) is 17.2 Å². The summed E-state index contributed by atoms with van der Waals surface area (Å²) in [7, 11) is 0. The topological polar surface area (TPSA) is 51.8 Å². The number of hydrogen-bond acceptors (Lipinski definition) is 3. The van der Waals surface area contributed by atoms with Crippen LogP contribution in [-0.2, 0) is 0 Å². The number of aromatic nitrogens is 2. The maximum atomic E-state index is 13.3. The highest BCUT2D eigenvalue weighted by Crippen LogP contribution is 2.26. The van der Waals surface area contributed by atoms with Gasteiger partial charge >= 0.3 is 0 Å². The zero-order valence-electron chi connectivity index (χ0n) is 10.9. The molecular weight excluding hydrogens is 333 g/mol. The minimum Gasteiger partial charge on any atom is -0.384 e. The molecular formula is C16H11BrFN3. The first-order valence-electron chi connectivity index (χ1n) is 6.29. The number of rotatable bonds is 2. The van der Waals surface area contributed by atoms with Gasteiger partial charge in [-0.05, 0) is 34.1 Å². The molecule has 0 saturated heterocycles. The molecule has 1 aromatic heterocycles. The first-order chi connectivity index (χ1) is 10.1. The van der Waals surface area contributed by atoms with Crippen LogP contribution in [0.3, 0.4) is 0 Å². The van der Waals surface area contributed by atoms with Crippen molar-refractivity contribution in [3.63, 3.8) is 0 Å². The lowest BCUT2D eigenvalue weighted by Crippen LogP contribution is -1.98. The van der Waals surface area contributed by atoms with Gasteiger partial charge in [-0.2, -0.15) is 0 Å². The van der Waals surface area contributed by atoms with Crippen molar-refractivity contribution in [1.29, 1.82) is 0 Å². The summed E-state index contributed by atoms with van der Waals surface area (Å²) in [5.41, 5.74) is 8.25. The summed E-state index contributed by atoms with van der Waals surface area (Å²) >= 11 is 3.16. The Labute approximate surface area is 129 Å². The number of hydrogen-bond donors (Lipinski definition) is 1. The molecule has 2 aromatic carbocycles. The van der Waals surface area contributed by atoms with Crippen LogP contribution in [0.2, 0.25) is 0 Å². The van der Waals surface area contributed by atoms with Crippen LogP contribution in [-0.4, -0.2) is 9.97 Å². The molecule has 0 aliphatic rings. The Hall–Kier alpha value is -2.27. The van der Waals surface area contributed by atoms with Crippen LogP contribution in [0.1, 0.15) is 0 Å². The normalized spacial score (nSPS) is 10.6. The van der Waals surface area contributed by atoms with E-state index >= 15 is 0 Å². The number of nitrogen functional groups attached to an aromatic ring is 1. The molecule has 0 saturated carbocycles. The van der Waals surface area contributed by atoms with E-state index in [4.69, 9.17) is 5.73 Å². The Morgan fingerprint density at radius 2 is 1.67 bits per heavy atom. The molecule has 3 nitrogen and oxygen atoms in total. The third-order valence-electron chi connectivity index (χ3n) is 2.99. The largest absolute Gasteiger partial charge is 0.384 e. The average Bonchev–Trinajstić information content (AvgIpc) is 2.50. The first-order valence-corrected chi connectivity index (χ1v) is 7.08. The lowest BCUT2D eigenvalue weighted by Gasteiger charge is -2.07. The second-order valence-electron chi connectivity index (χ2n) is 4.50. The molecule has 0 spiro atoms. The predicted octanol–water partition coefficient (Wildman–Crippen LogP) is 4.29. The molecule has 0 fully saturated rings. The molecule has 2 N–H and O–H groups in total. The van der Waals surface area contributed by atoms with Gasteiger partial charge in [0.05, 0.1) is 10.2 Å². The van der Waals surface area contributed by atoms with E-state index in [2.05, 4.69) is 25.9 Å². The highest BCUT2D eigenvalue weighted by atomic mass is 79.9. The summed E-state index contributed by atoms with van der Waals surface area (Å²) in [6, 6.07) is 16.1. The summed E-state index contributed by atoms with van der Waals surface area (Å²) in [6.07, 6.45) is 0. The Morgan fingerprint density at radius 3 is 2.38 bits per heavy atom. The molecule has 21 heavy (non-hydrogen) atoms. The molecule has 1 heterocycles. The lowest BCUT2D eigenvalue weighted by atomic mass is 10.1. The fraction of sp³-hybridized carbons (Fsp3) is 0. The van der Waals surface area contributed by atoms with Crippen LogP contribution in [0, 0.1) is 5.82 Å². The highest BCUT2D eigenvalue weighted by molar-refractivity contribution is 9.10. The monoisotopic (exact) mass is 343 g/mol. The molecule has 0 aliphatic heterocycles. The number of halogens is 2. The van der Waals surface area contributed by atoms with Gasteiger partial charge in [-0.25, -0.2) is 14.4 Å². The zero-order valence-corrected chi connectivity index (χ0v) is 12.5. The van der Waals surface area contributed by atoms with Crippen molar-refractivity contribution >= 4 is 21.7 Å². The smallest absolute Gasteiger partial charge is 0.162 e. The summed E-state index contributed by atoms with van der Waals surface area (Å²) in [4.78, 5) is 8.73. The summed E-state index contributed by atoms with van der Waals surface area (Å²) in [5.74, 6) is 0.514. The minimum atomic E-state index is -0.328. The molecule has 0 aliphatic carbocycles. The third kappa shape index (κ3) is 2.92. The van der Waals surface area contributed by atoms with Crippen LogP contribution in [0.4, 0.5) is 10.2 Å². The van der Waals surface area contributed by atoms with Gasteiger partial charge in [-0.15, -0.1) is 0 Å². The average molecular weight is 344 g/mol. The van der Waals surface area contributed by atoms with Gasteiger partial charge in [0.15, 0.2) is 5.82 Å². The van der Waals surface area contributed by atoms with Crippen molar-refractivity contribution in [2.24, 2.45) is 0 Å². The van der Waals surface area contributed by atoms with E-state index in [0.29, 0.717) is 21.7 Å². The molecule has 0 bridgehead atoms. The van der Waals surface area contributed by atoms with Crippen molar-refractivity contribution in [2.45, 2.75) is 0 Å². The summed E-state index contributed by atoms with van der Waals surface area (Å²) in [6.45, 7) is 0. The van der Waals surface area contributed by atoms with Gasteiger partial charge in [0.1, 0.15) is 11.6 Å². The molecule has 3 rings (SSSR count). The molecule has 0 unspecified atom stereocenters. The van der Waals surface area contributed by atoms with Gasteiger partial charge < -0.3 is 5.73 Å². The van der Waals surface area contributed by atoms with Gasteiger partial charge in [-0.3, -0.25) is 0 Å². The third-order valence-corrected chi connectivity index (χ3v) is 3.60. The Kier molecular flexibility index (Phi) is 3.66. The van der Waals surface area contributed by atoms with E-state index in [1.54, 1.807) is 18.2 Å². The number of nitrogens with two attached hydrogens (primary N) is 1. The SMILES string of the molecule is Nc1cc(-c2ccccc2)nc(-c2ccc(F)c(Br)c2)n1. The van der Waals surface area contributed by atoms with E-state index in [1.165, 1.54) is 6.07 Å². The highest BCUT2D eigenvalue weighted by Gasteiger charge is 2.09. The second-order valence-corrected chi connectivity index (χ2v) is 5.35. The van der Waals surface area contributed by atoms with Crippen LogP contribution in [0.5, 0.6) is 0 Å². The fourth-order valence-electron chi connectivity index (χ4n) is 1.99. The summed E-state index contributed by atoms with van der Waals surface area (Å²) in [5, 5.41) is 0. The molecule has 5 heteroatoms. The van der Waals surface area contributed by atoms with Crippen LogP contribution < -0.4 is 5.73 Å². The van der Waals surface area contributed by atoms with E-state index in [-0.39, 0.29) is 5.82 Å². The minimum absolute atomic E-state index is 0.328. The molecule has 3 aromatic rings. The molecule has 0 amide bonds. The van der Waals surface area contributed by atoms with E-state index in [1.807, 2.05) is 30.3 Å². The Bertz CT molecular complexity index is 791. The second kappa shape index (κ2) is 5.61. The lowest BCUT2D eigenvalue weighted by molar-refractivity contribution is 0.621. The molecule has 0 atom stereocenters. The standard InChI is InChI=1S/C16H11BrFN3/c17-12-8-11(6-7-13(12)18)16-20-14(9-15(19)21-16)10-4-2-1-3-5-10/h1-9H,(H2,19,20,21). The van der Waals surface area contributed by atoms with Crippen molar-refractivity contribution < 1.29 is 4.39 Å². The number of anilines is 1. The van der Waals surface area contributed by atoms with Crippen LogP contribution in [0.25, 0.3) is 22.6 Å². The quantitative estimate of drug-likeness (QED) is 0.754. The maximum Gasteiger partial charge on any atom is 0.162 e. The molecule has 104 valence electrons. The van der Waals surface area contributed by atoms with Crippen molar-refractivity contribution in [2.75, 3.05) is 5.73 Å². The Balaban J connectivity index is 2.11. The van der Waals surface area contributed by atoms with Gasteiger partial charge in [0.25, 0.3) is 0 Å². The van der Waals surface area contributed by atoms with Crippen molar-refractivity contribution in [3.05, 3.63) is 64.9 Å². The van der Waals surface area contributed by atoms with Crippen molar-refractivity contribution in [3.8, 4) is 22.6 Å².